The molecule has 1 aliphatic heterocycles. The van der Waals surface area contributed by atoms with E-state index < -0.39 is 22.0 Å². The molecule has 0 radical (unpaired) electrons. The number of nitro benzene ring substituents is 1. The van der Waals surface area contributed by atoms with Crippen LogP contribution in [0.25, 0.3) is 0 Å². The molecule has 25 heavy (non-hydrogen) atoms. The normalized spacial score (nSPS) is 18.3. The molecule has 0 amide bonds. The number of ether oxygens (including phenoxy) is 1. The zero-order valence-corrected chi connectivity index (χ0v) is 13.4. The molecule has 0 aliphatic carbocycles. The number of allylic oxidation sites excluding steroid dienone is 1. The van der Waals surface area contributed by atoms with Crippen molar-refractivity contribution >= 4 is 17.6 Å². The number of hydrogen-bond acceptors (Lipinski definition) is 6. The quantitative estimate of drug-likeness (QED) is 0.457. The van der Waals surface area contributed by atoms with E-state index in [1.165, 1.54) is 25.1 Å². The first-order chi connectivity index (χ1) is 11.8. The Morgan fingerprint density at radius 3 is 2.68 bits per heavy atom. The van der Waals surface area contributed by atoms with Crippen LogP contribution in [-0.2, 0) is 9.53 Å². The van der Waals surface area contributed by atoms with Crippen molar-refractivity contribution in [3.8, 4) is 0 Å². The number of benzene rings is 1. The van der Waals surface area contributed by atoms with E-state index in [4.69, 9.17) is 4.74 Å². The summed E-state index contributed by atoms with van der Waals surface area (Å²) in [5, 5.41) is 29.2. The summed E-state index contributed by atoms with van der Waals surface area (Å²) < 4.78 is 5.01. The molecule has 11 nitrogen and oxygen atoms in total. The smallest absolute Gasteiger partial charge is 0.338 e. The van der Waals surface area contributed by atoms with Crippen molar-refractivity contribution in [2.24, 2.45) is 5.10 Å². The van der Waals surface area contributed by atoms with E-state index in [9.17, 15) is 25.0 Å². The second-order valence-corrected chi connectivity index (χ2v) is 5.00. The monoisotopic (exact) mass is 349 g/mol. The van der Waals surface area contributed by atoms with Crippen LogP contribution in [0.2, 0.25) is 0 Å². The van der Waals surface area contributed by atoms with E-state index in [0.717, 1.165) is 0 Å². The number of nitrogens with zero attached hydrogens (tertiary/aromatic N) is 3. The largest absolute Gasteiger partial charge is 0.463 e. The Bertz CT molecular complexity index is 788. The maximum absolute atomic E-state index is 12.3. The van der Waals surface area contributed by atoms with Crippen LogP contribution in [0.4, 0.5) is 5.69 Å². The van der Waals surface area contributed by atoms with Gasteiger partial charge in [-0.05, 0) is 19.4 Å². The van der Waals surface area contributed by atoms with E-state index in [1.807, 2.05) is 0 Å². The van der Waals surface area contributed by atoms with Gasteiger partial charge < -0.3 is 15.4 Å². The summed E-state index contributed by atoms with van der Waals surface area (Å²) in [6.07, 6.45) is 0. The average Bonchev–Trinajstić information content (AvgIpc) is 2.53. The first-order valence-electron chi connectivity index (χ1n) is 7.22. The molecule has 1 aliphatic rings. The summed E-state index contributed by atoms with van der Waals surface area (Å²) in [7, 11) is 0. The molecule has 132 valence electrons. The van der Waals surface area contributed by atoms with E-state index in [1.54, 1.807) is 13.0 Å². The summed E-state index contributed by atoms with van der Waals surface area (Å²) in [4.78, 5) is 33.3. The van der Waals surface area contributed by atoms with Crippen molar-refractivity contribution in [3.05, 3.63) is 61.3 Å². The Morgan fingerprint density at radius 2 is 2.08 bits per heavy atom. The fourth-order valence-corrected chi connectivity index (χ4v) is 2.39. The lowest BCUT2D eigenvalue weighted by Gasteiger charge is -2.28. The second-order valence-electron chi connectivity index (χ2n) is 5.00. The minimum atomic E-state index is -0.900. The molecule has 0 saturated heterocycles. The molecule has 0 aromatic heterocycles. The molecule has 0 bridgehead atoms. The van der Waals surface area contributed by atoms with Crippen molar-refractivity contribution in [2.75, 3.05) is 6.61 Å². The number of non-ortho nitro benzene ring substituents is 1. The van der Waals surface area contributed by atoms with Gasteiger partial charge in [-0.25, -0.2) is 14.9 Å². The molecule has 0 spiro atoms. The van der Waals surface area contributed by atoms with Crippen LogP contribution in [0.15, 0.2) is 40.6 Å². The van der Waals surface area contributed by atoms with Crippen LogP contribution in [0.5, 0.6) is 0 Å². The Kier molecular flexibility index (Phi) is 5.27. The molecular formula is C14H15N5O6. The summed E-state index contributed by atoms with van der Waals surface area (Å²) in [6.45, 7) is 3.31. The number of hydrogen-bond donors (Lipinski definition) is 2. The van der Waals surface area contributed by atoms with Gasteiger partial charge in [-0.3, -0.25) is 10.1 Å². The van der Waals surface area contributed by atoms with Gasteiger partial charge >= 0.3 is 5.97 Å². The number of carbonyl (C=O) groups is 1. The number of guanidine groups is 1. The SMILES string of the molecule is CCOC(=O)C1=C(C)N/C(=N\[N+](=O)[O-])N[C@@H]1c1cccc([N+](=O)[O-])c1. The van der Waals surface area contributed by atoms with Gasteiger partial charge in [-0.2, -0.15) is 0 Å². The molecule has 2 rings (SSSR count). The fourth-order valence-electron chi connectivity index (χ4n) is 2.39. The highest BCUT2D eigenvalue weighted by molar-refractivity contribution is 5.96. The maximum Gasteiger partial charge on any atom is 0.338 e. The zero-order chi connectivity index (χ0) is 18.6. The third-order valence-corrected chi connectivity index (χ3v) is 3.37. The highest BCUT2D eigenvalue weighted by Gasteiger charge is 2.33. The lowest BCUT2D eigenvalue weighted by atomic mass is 9.95. The number of rotatable bonds is 5. The van der Waals surface area contributed by atoms with E-state index in [2.05, 4.69) is 15.7 Å². The molecule has 1 heterocycles. The number of nitro groups is 2. The Hall–Kier alpha value is -3.50. The molecule has 1 aromatic rings. The third-order valence-electron chi connectivity index (χ3n) is 3.37. The Balaban J connectivity index is 2.53. The van der Waals surface area contributed by atoms with Crippen LogP contribution >= 0.6 is 0 Å². The minimum Gasteiger partial charge on any atom is -0.463 e. The average molecular weight is 349 g/mol. The molecule has 0 saturated carbocycles. The fraction of sp³-hybridized carbons (Fsp3) is 0.286. The number of carbonyl (C=O) groups excluding carboxylic acids is 1. The molecular weight excluding hydrogens is 334 g/mol. The number of esters is 1. The predicted molar refractivity (Wildman–Crippen MR) is 85.9 cm³/mol. The van der Waals surface area contributed by atoms with Gasteiger partial charge in [-0.1, -0.05) is 12.1 Å². The summed E-state index contributed by atoms with van der Waals surface area (Å²) in [5.74, 6) is -0.830. The van der Waals surface area contributed by atoms with E-state index >= 15 is 0 Å². The Morgan fingerprint density at radius 1 is 1.36 bits per heavy atom. The minimum absolute atomic E-state index is 0.132. The van der Waals surface area contributed by atoms with Gasteiger partial charge in [0.05, 0.1) is 23.1 Å². The van der Waals surface area contributed by atoms with Gasteiger partial charge in [0.15, 0.2) is 5.03 Å². The second kappa shape index (κ2) is 7.38. The number of hydrazone groups is 1. The topological polar surface area (TPSA) is 149 Å². The zero-order valence-electron chi connectivity index (χ0n) is 13.4. The van der Waals surface area contributed by atoms with Crippen molar-refractivity contribution < 1.29 is 19.5 Å². The predicted octanol–water partition coefficient (Wildman–Crippen LogP) is 1.21. The lowest BCUT2D eigenvalue weighted by Crippen LogP contribution is -2.46. The highest BCUT2D eigenvalue weighted by atomic mass is 16.7. The maximum atomic E-state index is 12.3. The molecule has 1 atom stereocenters. The van der Waals surface area contributed by atoms with Crippen LogP contribution in [-0.4, -0.2) is 28.5 Å². The molecule has 0 unspecified atom stereocenters. The lowest BCUT2D eigenvalue weighted by molar-refractivity contribution is -0.485. The highest BCUT2D eigenvalue weighted by Crippen LogP contribution is 2.29. The van der Waals surface area contributed by atoms with Gasteiger partial charge in [0.1, 0.15) is 5.10 Å². The van der Waals surface area contributed by atoms with Crippen molar-refractivity contribution in [3.63, 3.8) is 0 Å². The molecule has 2 N–H and O–H groups in total. The first-order valence-corrected chi connectivity index (χ1v) is 7.22. The van der Waals surface area contributed by atoms with Crippen LogP contribution in [0, 0.1) is 20.2 Å². The molecule has 11 heteroatoms. The van der Waals surface area contributed by atoms with Gasteiger partial charge in [0.25, 0.3) is 11.6 Å². The summed E-state index contributed by atoms with van der Waals surface area (Å²) >= 11 is 0. The number of nitrogens with one attached hydrogen (secondary N) is 2. The first kappa shape index (κ1) is 17.8. The van der Waals surface area contributed by atoms with Gasteiger partial charge in [0, 0.05) is 17.8 Å². The standard InChI is InChI=1S/C14H15N5O6/c1-3-25-13(20)11-8(2)15-14(17-19(23)24)16-12(11)9-5-4-6-10(7-9)18(21)22/h4-7,12H,3H2,1-2H3,(H2,15,16,17)/t12-/m1/s1. The Labute approximate surface area is 141 Å². The van der Waals surface area contributed by atoms with Gasteiger partial charge in [0.2, 0.25) is 0 Å². The molecule has 1 aromatic carbocycles. The van der Waals surface area contributed by atoms with Crippen molar-refractivity contribution in [1.29, 1.82) is 0 Å². The van der Waals surface area contributed by atoms with Crippen LogP contribution in [0.3, 0.4) is 0 Å². The molecule has 0 fully saturated rings. The van der Waals surface area contributed by atoms with Crippen molar-refractivity contribution in [1.82, 2.24) is 10.6 Å². The van der Waals surface area contributed by atoms with Crippen LogP contribution in [0.1, 0.15) is 25.5 Å². The summed E-state index contributed by atoms with van der Waals surface area (Å²) in [6, 6.07) is 4.71. The van der Waals surface area contributed by atoms with E-state index in [-0.39, 0.29) is 23.8 Å². The third kappa shape index (κ3) is 4.07. The van der Waals surface area contributed by atoms with E-state index in [0.29, 0.717) is 11.3 Å². The van der Waals surface area contributed by atoms with Crippen LogP contribution < -0.4 is 10.6 Å². The van der Waals surface area contributed by atoms with Crippen molar-refractivity contribution in [2.45, 2.75) is 19.9 Å². The van der Waals surface area contributed by atoms with Gasteiger partial charge in [-0.15, -0.1) is 0 Å². The summed E-state index contributed by atoms with van der Waals surface area (Å²) in [5.41, 5.74) is 0.652.